The van der Waals surface area contributed by atoms with Crippen LogP contribution in [-0.4, -0.2) is 36.5 Å². The number of halogens is 2. The second-order valence-electron chi connectivity index (χ2n) is 5.64. The first kappa shape index (κ1) is 14.5. The minimum Gasteiger partial charge on any atom is -0.335 e. The van der Waals surface area contributed by atoms with Crippen LogP contribution in [0, 0.1) is 11.8 Å². The number of likely N-dealkylation sites (tertiary alicyclic amines) is 1. The molecule has 1 N–H and O–H groups in total. The van der Waals surface area contributed by atoms with Crippen LogP contribution in [0.4, 0.5) is 0 Å². The molecule has 1 amide bonds. The van der Waals surface area contributed by atoms with Crippen molar-refractivity contribution in [2.24, 2.45) is 11.8 Å². The number of nitrogens with zero attached hydrogens (tertiary/aromatic N) is 1. The van der Waals surface area contributed by atoms with E-state index in [9.17, 15) is 4.79 Å². The maximum absolute atomic E-state index is 12.8. The van der Waals surface area contributed by atoms with E-state index in [0.717, 1.165) is 40.6 Å². The SMILES string of the molecule is CCC1C2CNCC2CN1C(=O)c1ccc(Br)cc1Br. The zero-order chi connectivity index (χ0) is 14.3. The highest BCUT2D eigenvalue weighted by molar-refractivity contribution is 9.11. The number of hydrogen-bond acceptors (Lipinski definition) is 2. The fourth-order valence-electron chi connectivity index (χ4n) is 3.60. The van der Waals surface area contributed by atoms with E-state index in [1.165, 1.54) is 0 Å². The van der Waals surface area contributed by atoms with Gasteiger partial charge in [-0.05, 0) is 52.4 Å². The molecule has 2 aliphatic rings. The van der Waals surface area contributed by atoms with Gasteiger partial charge in [-0.3, -0.25) is 4.79 Å². The number of amides is 1. The molecule has 2 heterocycles. The molecule has 0 radical (unpaired) electrons. The third-order valence-corrected chi connectivity index (χ3v) is 5.71. The molecule has 0 aromatic heterocycles. The summed E-state index contributed by atoms with van der Waals surface area (Å²) in [5, 5.41) is 3.45. The van der Waals surface area contributed by atoms with Crippen LogP contribution in [0.3, 0.4) is 0 Å². The topological polar surface area (TPSA) is 32.3 Å². The van der Waals surface area contributed by atoms with E-state index < -0.39 is 0 Å². The first-order chi connectivity index (χ1) is 9.61. The van der Waals surface area contributed by atoms with Crippen LogP contribution in [0.25, 0.3) is 0 Å². The van der Waals surface area contributed by atoms with Crippen molar-refractivity contribution in [3.8, 4) is 0 Å². The summed E-state index contributed by atoms with van der Waals surface area (Å²) in [6.45, 7) is 5.17. The monoisotopic (exact) mass is 400 g/mol. The highest BCUT2D eigenvalue weighted by Crippen LogP contribution is 2.36. The lowest BCUT2D eigenvalue weighted by Crippen LogP contribution is -2.39. The third-order valence-electron chi connectivity index (χ3n) is 4.56. The maximum Gasteiger partial charge on any atom is 0.255 e. The number of rotatable bonds is 2. The molecule has 5 heteroatoms. The van der Waals surface area contributed by atoms with Crippen LogP contribution in [0.15, 0.2) is 27.1 Å². The Bertz CT molecular complexity index is 535. The van der Waals surface area contributed by atoms with Crippen LogP contribution in [0.5, 0.6) is 0 Å². The number of benzene rings is 1. The summed E-state index contributed by atoms with van der Waals surface area (Å²) in [4.78, 5) is 14.9. The highest BCUT2D eigenvalue weighted by Gasteiger charge is 2.45. The van der Waals surface area contributed by atoms with Gasteiger partial charge in [0.2, 0.25) is 0 Å². The molecule has 3 nitrogen and oxygen atoms in total. The first-order valence-corrected chi connectivity index (χ1v) is 8.67. The molecule has 1 aromatic carbocycles. The normalized spacial score (nSPS) is 28.8. The van der Waals surface area contributed by atoms with Crippen molar-refractivity contribution < 1.29 is 4.79 Å². The van der Waals surface area contributed by atoms with Crippen molar-refractivity contribution in [3.05, 3.63) is 32.7 Å². The number of fused-ring (bicyclic) bond motifs is 1. The molecule has 1 aromatic rings. The minimum absolute atomic E-state index is 0.158. The number of carbonyl (C=O) groups is 1. The molecule has 108 valence electrons. The van der Waals surface area contributed by atoms with Gasteiger partial charge in [0.05, 0.1) is 5.56 Å². The summed E-state index contributed by atoms with van der Waals surface area (Å²) in [7, 11) is 0. The van der Waals surface area contributed by atoms with E-state index in [1.807, 2.05) is 18.2 Å². The van der Waals surface area contributed by atoms with Crippen molar-refractivity contribution >= 4 is 37.8 Å². The van der Waals surface area contributed by atoms with E-state index >= 15 is 0 Å². The Kier molecular flexibility index (Phi) is 4.20. The Morgan fingerprint density at radius 3 is 2.90 bits per heavy atom. The van der Waals surface area contributed by atoms with E-state index in [1.54, 1.807) is 0 Å². The lowest BCUT2D eigenvalue weighted by atomic mass is 9.93. The zero-order valence-corrected chi connectivity index (χ0v) is 14.6. The number of nitrogens with one attached hydrogen (secondary N) is 1. The summed E-state index contributed by atoms with van der Waals surface area (Å²) in [5.74, 6) is 1.40. The first-order valence-electron chi connectivity index (χ1n) is 7.08. The number of hydrogen-bond donors (Lipinski definition) is 1. The molecule has 0 bridgehead atoms. The average molecular weight is 402 g/mol. The lowest BCUT2D eigenvalue weighted by Gasteiger charge is -2.27. The van der Waals surface area contributed by atoms with Gasteiger partial charge in [0, 0.05) is 34.6 Å². The average Bonchev–Trinajstić information content (AvgIpc) is 2.97. The molecule has 3 rings (SSSR count). The van der Waals surface area contributed by atoms with Crippen molar-refractivity contribution in [2.75, 3.05) is 19.6 Å². The van der Waals surface area contributed by atoms with Crippen molar-refractivity contribution in [3.63, 3.8) is 0 Å². The lowest BCUT2D eigenvalue weighted by molar-refractivity contribution is 0.0710. The summed E-state index contributed by atoms with van der Waals surface area (Å²) in [5.41, 5.74) is 0.764. The fourth-order valence-corrected chi connectivity index (χ4v) is 4.81. The van der Waals surface area contributed by atoms with Crippen LogP contribution in [-0.2, 0) is 0 Å². The molecule has 3 atom stereocenters. The fraction of sp³-hybridized carbons (Fsp3) is 0.533. The molecule has 0 spiro atoms. The van der Waals surface area contributed by atoms with Crippen LogP contribution in [0.1, 0.15) is 23.7 Å². The highest BCUT2D eigenvalue weighted by atomic mass is 79.9. The largest absolute Gasteiger partial charge is 0.335 e. The van der Waals surface area contributed by atoms with Gasteiger partial charge in [0.15, 0.2) is 0 Å². The van der Waals surface area contributed by atoms with Crippen molar-refractivity contribution in [2.45, 2.75) is 19.4 Å². The zero-order valence-electron chi connectivity index (χ0n) is 11.4. The summed E-state index contributed by atoms with van der Waals surface area (Å²) >= 11 is 6.94. The summed E-state index contributed by atoms with van der Waals surface area (Å²) in [6, 6.07) is 6.14. The second-order valence-corrected chi connectivity index (χ2v) is 7.41. The van der Waals surface area contributed by atoms with E-state index in [4.69, 9.17) is 0 Å². The number of carbonyl (C=O) groups excluding carboxylic acids is 1. The molecule has 20 heavy (non-hydrogen) atoms. The van der Waals surface area contributed by atoms with Gasteiger partial charge in [-0.25, -0.2) is 0 Å². The standard InChI is InChI=1S/C15H18Br2N2O/c1-2-14-12-7-18-6-9(12)8-19(14)15(20)11-4-3-10(16)5-13(11)17/h3-5,9,12,14,18H,2,6-8H2,1H3. The Hall–Kier alpha value is -0.390. The molecular weight excluding hydrogens is 384 g/mol. The molecular formula is C15H18Br2N2O. The van der Waals surface area contributed by atoms with Gasteiger partial charge >= 0.3 is 0 Å². The predicted molar refractivity (Wildman–Crippen MR) is 86.8 cm³/mol. The minimum atomic E-state index is 0.158. The summed E-state index contributed by atoms with van der Waals surface area (Å²) < 4.78 is 1.84. The molecule has 3 unspecified atom stereocenters. The van der Waals surface area contributed by atoms with Crippen LogP contribution in [0.2, 0.25) is 0 Å². The maximum atomic E-state index is 12.8. The predicted octanol–water partition coefficient (Wildman–Crippen LogP) is 3.28. The second kappa shape index (κ2) is 5.78. The van der Waals surface area contributed by atoms with E-state index in [0.29, 0.717) is 17.9 Å². The van der Waals surface area contributed by atoms with E-state index in [2.05, 4.69) is 49.0 Å². The Labute approximate surface area is 136 Å². The van der Waals surface area contributed by atoms with Gasteiger partial charge in [-0.15, -0.1) is 0 Å². The van der Waals surface area contributed by atoms with Gasteiger partial charge < -0.3 is 10.2 Å². The molecule has 2 fully saturated rings. The Morgan fingerprint density at radius 2 is 2.20 bits per heavy atom. The van der Waals surface area contributed by atoms with Crippen molar-refractivity contribution in [1.29, 1.82) is 0 Å². The van der Waals surface area contributed by atoms with Crippen LogP contribution >= 0.6 is 31.9 Å². The quantitative estimate of drug-likeness (QED) is 0.824. The van der Waals surface area contributed by atoms with Crippen molar-refractivity contribution in [1.82, 2.24) is 10.2 Å². The van der Waals surface area contributed by atoms with E-state index in [-0.39, 0.29) is 5.91 Å². The third kappa shape index (κ3) is 2.44. The molecule has 0 saturated carbocycles. The van der Waals surface area contributed by atoms with Gasteiger partial charge in [-0.1, -0.05) is 22.9 Å². The van der Waals surface area contributed by atoms with Gasteiger partial charge in [0.1, 0.15) is 0 Å². The molecule has 2 aliphatic heterocycles. The van der Waals surface area contributed by atoms with Crippen LogP contribution < -0.4 is 5.32 Å². The summed E-state index contributed by atoms with van der Waals surface area (Å²) in [6.07, 6.45) is 1.03. The van der Waals surface area contributed by atoms with Gasteiger partial charge in [0.25, 0.3) is 5.91 Å². The molecule has 0 aliphatic carbocycles. The Morgan fingerprint density at radius 1 is 1.40 bits per heavy atom. The molecule has 2 saturated heterocycles. The van der Waals surface area contributed by atoms with Gasteiger partial charge in [-0.2, -0.15) is 0 Å². The smallest absolute Gasteiger partial charge is 0.255 e. The Balaban J connectivity index is 1.86.